The predicted molar refractivity (Wildman–Crippen MR) is 116 cm³/mol. The summed E-state index contributed by atoms with van der Waals surface area (Å²) in [6, 6.07) is 4.15. The zero-order valence-electron chi connectivity index (χ0n) is 18.8. The minimum absolute atomic E-state index is 0.00150. The number of aromatic nitrogens is 1. The largest absolute Gasteiger partial charge is 0.383 e. The molecular weight excluding hydrogens is 380 g/mol. The summed E-state index contributed by atoms with van der Waals surface area (Å²) < 4.78 is 5.30. The number of methoxy groups -OCH3 is 1. The number of nitrogens with zero attached hydrogens (tertiary/aromatic N) is 4. The van der Waals surface area contributed by atoms with Gasteiger partial charge in [0.25, 0.3) is 5.91 Å². The van der Waals surface area contributed by atoms with E-state index in [1.54, 1.807) is 13.3 Å². The number of ether oxygens (including phenoxy) is 1. The van der Waals surface area contributed by atoms with Crippen molar-refractivity contribution in [3.05, 3.63) is 30.1 Å². The van der Waals surface area contributed by atoms with Crippen molar-refractivity contribution in [3.8, 4) is 0 Å². The maximum Gasteiger partial charge on any atom is 0.327 e. The molecule has 1 atom stereocenters. The number of rotatable bonds is 9. The van der Waals surface area contributed by atoms with Gasteiger partial charge in [0.2, 0.25) is 0 Å². The Morgan fingerprint density at radius 2 is 1.93 bits per heavy atom. The summed E-state index contributed by atoms with van der Waals surface area (Å²) in [6.07, 6.45) is 6.55. The van der Waals surface area contributed by atoms with Crippen LogP contribution in [0.3, 0.4) is 0 Å². The van der Waals surface area contributed by atoms with E-state index >= 15 is 0 Å². The molecule has 2 saturated heterocycles. The number of hydrogen-bond donors (Lipinski definition) is 0. The Labute approximate surface area is 180 Å². The van der Waals surface area contributed by atoms with E-state index in [2.05, 4.69) is 30.7 Å². The molecule has 3 rings (SSSR count). The van der Waals surface area contributed by atoms with Crippen LogP contribution in [0.25, 0.3) is 0 Å². The van der Waals surface area contributed by atoms with E-state index in [-0.39, 0.29) is 11.9 Å². The molecule has 166 valence electrons. The van der Waals surface area contributed by atoms with Gasteiger partial charge >= 0.3 is 6.03 Å². The normalized spacial score (nSPS) is 20.6. The first-order valence-corrected chi connectivity index (χ1v) is 11.1. The first-order valence-electron chi connectivity index (χ1n) is 11.1. The summed E-state index contributed by atoms with van der Waals surface area (Å²) in [4.78, 5) is 36.7. The molecule has 3 heterocycles. The minimum atomic E-state index is -0.682. The van der Waals surface area contributed by atoms with Gasteiger partial charge in [0.05, 0.1) is 6.61 Å². The van der Waals surface area contributed by atoms with Gasteiger partial charge in [0.1, 0.15) is 5.54 Å². The van der Waals surface area contributed by atoms with Crippen LogP contribution >= 0.6 is 0 Å². The third-order valence-corrected chi connectivity index (χ3v) is 6.40. The van der Waals surface area contributed by atoms with Crippen LogP contribution in [0.1, 0.15) is 45.6 Å². The number of hydrogen-bond acceptors (Lipinski definition) is 5. The van der Waals surface area contributed by atoms with Crippen molar-refractivity contribution < 1.29 is 14.3 Å². The van der Waals surface area contributed by atoms with Crippen LogP contribution in [0, 0.1) is 5.92 Å². The van der Waals surface area contributed by atoms with E-state index in [0.29, 0.717) is 44.5 Å². The Morgan fingerprint density at radius 1 is 1.20 bits per heavy atom. The van der Waals surface area contributed by atoms with E-state index in [9.17, 15) is 9.59 Å². The lowest BCUT2D eigenvalue weighted by Crippen LogP contribution is -2.58. The van der Waals surface area contributed by atoms with Crippen LogP contribution in [0.4, 0.5) is 4.79 Å². The van der Waals surface area contributed by atoms with Gasteiger partial charge in [-0.3, -0.25) is 19.6 Å². The van der Waals surface area contributed by atoms with Crippen LogP contribution < -0.4 is 0 Å². The van der Waals surface area contributed by atoms with Crippen molar-refractivity contribution in [1.82, 2.24) is 19.7 Å². The summed E-state index contributed by atoms with van der Waals surface area (Å²) in [5, 5.41) is 0. The summed E-state index contributed by atoms with van der Waals surface area (Å²) in [5.74, 6) is 0.317. The fourth-order valence-corrected chi connectivity index (χ4v) is 4.75. The zero-order valence-corrected chi connectivity index (χ0v) is 18.8. The fourth-order valence-electron chi connectivity index (χ4n) is 4.75. The van der Waals surface area contributed by atoms with E-state index < -0.39 is 5.54 Å². The molecule has 2 aliphatic rings. The topological polar surface area (TPSA) is 66.0 Å². The molecule has 0 saturated carbocycles. The molecular formula is C23H36N4O3. The smallest absolute Gasteiger partial charge is 0.327 e. The number of urea groups is 1. The van der Waals surface area contributed by atoms with Crippen molar-refractivity contribution in [1.29, 1.82) is 0 Å². The summed E-state index contributed by atoms with van der Waals surface area (Å²) in [6.45, 7) is 9.74. The SMILES string of the molecule is COC[C@@H](C)N1CCC2(CC1)C(=O)N(CCCc1cccnc1)C(=O)N2CC(C)C. The number of imide groups is 1. The Morgan fingerprint density at radius 3 is 2.53 bits per heavy atom. The first-order chi connectivity index (χ1) is 14.4. The lowest BCUT2D eigenvalue weighted by atomic mass is 9.85. The molecule has 2 fully saturated rings. The summed E-state index contributed by atoms with van der Waals surface area (Å²) in [5.41, 5.74) is 0.449. The number of amides is 3. The lowest BCUT2D eigenvalue weighted by molar-refractivity contribution is -0.136. The summed E-state index contributed by atoms with van der Waals surface area (Å²) >= 11 is 0. The van der Waals surface area contributed by atoms with E-state index in [0.717, 1.165) is 31.5 Å². The standard InChI is InChI=1S/C23H36N4O3/c1-18(2)16-27-22(29)26(12-6-8-20-7-5-11-24-15-20)21(28)23(27)9-13-25(14-10-23)19(3)17-30-4/h5,7,11,15,18-19H,6,8-10,12-14,16-17H2,1-4H3/t19-/m1/s1. The van der Waals surface area contributed by atoms with Gasteiger partial charge in [-0.05, 0) is 50.2 Å². The molecule has 30 heavy (non-hydrogen) atoms. The molecule has 0 bridgehead atoms. The highest BCUT2D eigenvalue weighted by Crippen LogP contribution is 2.38. The van der Waals surface area contributed by atoms with Crippen molar-refractivity contribution in [3.63, 3.8) is 0 Å². The number of carbonyl (C=O) groups is 2. The molecule has 0 radical (unpaired) electrons. The highest BCUT2D eigenvalue weighted by Gasteiger charge is 2.57. The Hall–Kier alpha value is -1.99. The number of likely N-dealkylation sites (tertiary alicyclic amines) is 1. The quantitative estimate of drug-likeness (QED) is 0.579. The molecule has 0 N–H and O–H groups in total. The van der Waals surface area contributed by atoms with Crippen molar-refractivity contribution in [2.75, 3.05) is 39.9 Å². The van der Waals surface area contributed by atoms with Crippen LogP contribution in [0.15, 0.2) is 24.5 Å². The van der Waals surface area contributed by atoms with Crippen molar-refractivity contribution in [2.24, 2.45) is 5.92 Å². The molecule has 0 aliphatic carbocycles. The zero-order chi connectivity index (χ0) is 21.7. The fraction of sp³-hybridized carbons (Fsp3) is 0.696. The van der Waals surface area contributed by atoms with Gasteiger partial charge in [-0.15, -0.1) is 0 Å². The van der Waals surface area contributed by atoms with E-state index in [1.165, 1.54) is 4.90 Å². The highest BCUT2D eigenvalue weighted by atomic mass is 16.5. The molecule has 3 amide bonds. The third kappa shape index (κ3) is 4.67. The molecule has 7 nitrogen and oxygen atoms in total. The average Bonchev–Trinajstić information content (AvgIpc) is 2.91. The van der Waals surface area contributed by atoms with Gasteiger partial charge in [-0.2, -0.15) is 0 Å². The molecule has 1 aromatic heterocycles. The van der Waals surface area contributed by atoms with Crippen molar-refractivity contribution >= 4 is 11.9 Å². The van der Waals surface area contributed by atoms with Crippen LogP contribution in [-0.2, 0) is 16.0 Å². The Balaban J connectivity index is 1.70. The molecule has 0 aromatic carbocycles. The molecule has 2 aliphatic heterocycles. The number of pyridine rings is 1. The number of piperidine rings is 1. The van der Waals surface area contributed by atoms with Gasteiger partial charge < -0.3 is 9.64 Å². The second-order valence-electron chi connectivity index (χ2n) is 9.08. The van der Waals surface area contributed by atoms with Gasteiger partial charge in [-0.25, -0.2) is 4.79 Å². The average molecular weight is 417 g/mol. The van der Waals surface area contributed by atoms with E-state index in [1.807, 2.05) is 23.2 Å². The van der Waals surface area contributed by atoms with Gasteiger partial charge in [-0.1, -0.05) is 19.9 Å². The maximum absolute atomic E-state index is 13.5. The highest BCUT2D eigenvalue weighted by molar-refractivity contribution is 6.07. The molecule has 1 aromatic rings. The van der Waals surface area contributed by atoms with Crippen molar-refractivity contribution in [2.45, 2.75) is 58.0 Å². The second kappa shape index (κ2) is 9.88. The molecule has 1 spiro atoms. The Kier molecular flexibility index (Phi) is 7.47. The lowest BCUT2D eigenvalue weighted by Gasteiger charge is -2.44. The third-order valence-electron chi connectivity index (χ3n) is 6.40. The second-order valence-corrected chi connectivity index (χ2v) is 9.08. The predicted octanol–water partition coefficient (Wildman–Crippen LogP) is 2.80. The maximum atomic E-state index is 13.5. The van der Waals surface area contributed by atoms with Crippen LogP contribution in [0.2, 0.25) is 0 Å². The van der Waals surface area contributed by atoms with E-state index in [4.69, 9.17) is 4.74 Å². The summed E-state index contributed by atoms with van der Waals surface area (Å²) in [7, 11) is 1.72. The van der Waals surface area contributed by atoms with Crippen LogP contribution in [0.5, 0.6) is 0 Å². The number of aryl methyl sites for hydroxylation is 1. The van der Waals surface area contributed by atoms with Crippen LogP contribution in [-0.4, -0.2) is 83.1 Å². The molecule has 7 heteroatoms. The molecule has 0 unspecified atom stereocenters. The number of carbonyl (C=O) groups excluding carboxylic acids is 2. The van der Waals surface area contributed by atoms with Gasteiger partial charge in [0.15, 0.2) is 0 Å². The van der Waals surface area contributed by atoms with Gasteiger partial charge in [0, 0.05) is 51.7 Å². The first kappa shape index (κ1) is 22.7. The minimum Gasteiger partial charge on any atom is -0.383 e. The monoisotopic (exact) mass is 416 g/mol. The Bertz CT molecular complexity index is 716.